The summed E-state index contributed by atoms with van der Waals surface area (Å²) in [5.74, 6) is 2.68. The Hall–Kier alpha value is -1.71. The van der Waals surface area contributed by atoms with Crippen molar-refractivity contribution < 1.29 is 14.3 Å². The highest BCUT2D eigenvalue weighted by atomic mass is 16.7. The third kappa shape index (κ3) is 2.67. The minimum atomic E-state index is 0.313. The van der Waals surface area contributed by atoms with Gasteiger partial charge in [-0.05, 0) is 30.9 Å². The third-order valence-electron chi connectivity index (χ3n) is 3.99. The van der Waals surface area contributed by atoms with Gasteiger partial charge >= 0.3 is 0 Å². The molecule has 0 atom stereocenters. The third-order valence-corrected chi connectivity index (χ3v) is 3.99. The van der Waals surface area contributed by atoms with E-state index in [1.165, 1.54) is 0 Å². The molecule has 102 valence electrons. The van der Waals surface area contributed by atoms with Crippen LogP contribution in [0.5, 0.6) is 11.5 Å². The summed E-state index contributed by atoms with van der Waals surface area (Å²) in [6.45, 7) is 1.31. The maximum absolute atomic E-state index is 11.2. The lowest BCUT2D eigenvalue weighted by Gasteiger charge is -2.28. The monoisotopic (exact) mass is 261 g/mol. The standard InChI is InChI=1S/C15H19NO3/c1-16(9-11-2-5-13(17)6-3-11)12-4-7-14-15(8-12)19-10-18-14/h4,7-8,11H,2-3,5-6,9-10H2,1H3. The Morgan fingerprint density at radius 2 is 1.95 bits per heavy atom. The van der Waals surface area contributed by atoms with E-state index in [1.54, 1.807) is 0 Å². The molecule has 0 N–H and O–H groups in total. The molecule has 0 radical (unpaired) electrons. The van der Waals surface area contributed by atoms with E-state index in [2.05, 4.69) is 18.0 Å². The summed E-state index contributed by atoms with van der Waals surface area (Å²) in [6.07, 6.45) is 3.54. The zero-order valence-electron chi connectivity index (χ0n) is 11.2. The summed E-state index contributed by atoms with van der Waals surface area (Å²) in [4.78, 5) is 13.5. The number of carbonyl (C=O) groups is 1. The van der Waals surface area contributed by atoms with Gasteiger partial charge in [0.1, 0.15) is 5.78 Å². The zero-order valence-corrected chi connectivity index (χ0v) is 11.2. The maximum atomic E-state index is 11.2. The van der Waals surface area contributed by atoms with Crippen molar-refractivity contribution in [3.63, 3.8) is 0 Å². The molecule has 0 unspecified atom stereocenters. The van der Waals surface area contributed by atoms with Crippen LogP contribution in [0, 0.1) is 5.92 Å². The van der Waals surface area contributed by atoms with Crippen LogP contribution >= 0.6 is 0 Å². The van der Waals surface area contributed by atoms with Crippen LogP contribution in [0.25, 0.3) is 0 Å². The summed E-state index contributed by atoms with van der Waals surface area (Å²) in [5, 5.41) is 0. The van der Waals surface area contributed by atoms with Gasteiger partial charge in [0.15, 0.2) is 11.5 Å². The molecule has 1 aromatic rings. The second-order valence-electron chi connectivity index (χ2n) is 5.40. The van der Waals surface area contributed by atoms with E-state index in [1.807, 2.05) is 12.1 Å². The predicted octanol–water partition coefficient (Wildman–Crippen LogP) is 2.61. The first-order chi connectivity index (χ1) is 9.22. The number of fused-ring (bicyclic) bond motifs is 1. The Kier molecular flexibility index (Phi) is 3.32. The van der Waals surface area contributed by atoms with Crippen LogP contribution in [-0.2, 0) is 4.79 Å². The molecule has 4 nitrogen and oxygen atoms in total. The van der Waals surface area contributed by atoms with Crippen molar-refractivity contribution in [1.29, 1.82) is 0 Å². The van der Waals surface area contributed by atoms with E-state index in [0.29, 0.717) is 18.5 Å². The van der Waals surface area contributed by atoms with Crippen LogP contribution in [0.2, 0.25) is 0 Å². The molecule has 0 aromatic heterocycles. The van der Waals surface area contributed by atoms with Gasteiger partial charge in [-0.3, -0.25) is 4.79 Å². The smallest absolute Gasteiger partial charge is 0.231 e. The van der Waals surface area contributed by atoms with Gasteiger partial charge in [0.05, 0.1) is 0 Å². The average Bonchev–Trinajstić information content (AvgIpc) is 2.88. The highest BCUT2D eigenvalue weighted by Gasteiger charge is 2.21. The van der Waals surface area contributed by atoms with Crippen molar-refractivity contribution in [3.05, 3.63) is 18.2 Å². The SMILES string of the molecule is CN(CC1CCC(=O)CC1)c1ccc2c(c1)OCO2. The molecule has 1 saturated carbocycles. The molecular formula is C15H19NO3. The molecule has 0 saturated heterocycles. The van der Waals surface area contributed by atoms with E-state index >= 15 is 0 Å². The van der Waals surface area contributed by atoms with E-state index in [-0.39, 0.29) is 0 Å². The van der Waals surface area contributed by atoms with Crippen LogP contribution < -0.4 is 14.4 Å². The van der Waals surface area contributed by atoms with Crippen molar-refractivity contribution in [2.75, 3.05) is 25.3 Å². The second-order valence-corrected chi connectivity index (χ2v) is 5.40. The lowest BCUT2D eigenvalue weighted by molar-refractivity contribution is -0.120. The summed E-state index contributed by atoms with van der Waals surface area (Å²) >= 11 is 0. The Morgan fingerprint density at radius 1 is 1.21 bits per heavy atom. The van der Waals surface area contributed by atoms with Gasteiger partial charge in [-0.15, -0.1) is 0 Å². The fourth-order valence-electron chi connectivity index (χ4n) is 2.80. The highest BCUT2D eigenvalue weighted by molar-refractivity contribution is 5.79. The number of hydrogen-bond donors (Lipinski definition) is 0. The second kappa shape index (κ2) is 5.11. The number of Topliss-reactive ketones (excluding diaryl/α,β-unsaturated/α-hetero) is 1. The summed E-state index contributed by atoms with van der Waals surface area (Å²) < 4.78 is 10.7. The molecule has 0 spiro atoms. The number of carbonyl (C=O) groups excluding carboxylic acids is 1. The molecule has 4 heteroatoms. The molecule has 1 aromatic carbocycles. The normalized spacial score (nSPS) is 18.7. The van der Waals surface area contributed by atoms with Crippen LogP contribution in [0.1, 0.15) is 25.7 Å². The van der Waals surface area contributed by atoms with Crippen molar-refractivity contribution in [2.24, 2.45) is 5.92 Å². The first-order valence-electron chi connectivity index (χ1n) is 6.85. The summed E-state index contributed by atoms with van der Waals surface area (Å²) in [7, 11) is 2.09. The molecule has 1 fully saturated rings. The molecule has 0 bridgehead atoms. The molecular weight excluding hydrogens is 242 g/mol. The molecule has 3 rings (SSSR count). The van der Waals surface area contributed by atoms with Gasteiger partial charge in [-0.1, -0.05) is 0 Å². The number of ketones is 1. The fourth-order valence-corrected chi connectivity index (χ4v) is 2.80. The Balaban J connectivity index is 1.63. The fraction of sp³-hybridized carbons (Fsp3) is 0.533. The quantitative estimate of drug-likeness (QED) is 0.838. The largest absolute Gasteiger partial charge is 0.454 e. The Bertz CT molecular complexity index is 476. The van der Waals surface area contributed by atoms with Gasteiger partial charge in [0.25, 0.3) is 0 Å². The number of rotatable bonds is 3. The van der Waals surface area contributed by atoms with E-state index in [9.17, 15) is 4.79 Å². The van der Waals surface area contributed by atoms with Crippen LogP contribution in [-0.4, -0.2) is 26.2 Å². The van der Waals surface area contributed by atoms with Crippen molar-refractivity contribution in [2.45, 2.75) is 25.7 Å². The molecule has 2 aliphatic rings. The van der Waals surface area contributed by atoms with Crippen LogP contribution in [0.3, 0.4) is 0 Å². The topological polar surface area (TPSA) is 38.8 Å². The van der Waals surface area contributed by atoms with Gasteiger partial charge in [-0.2, -0.15) is 0 Å². The minimum Gasteiger partial charge on any atom is -0.454 e. The summed E-state index contributed by atoms with van der Waals surface area (Å²) in [5.41, 5.74) is 1.14. The lowest BCUT2D eigenvalue weighted by Crippen LogP contribution is -2.28. The Labute approximate surface area is 113 Å². The van der Waals surface area contributed by atoms with Crippen LogP contribution in [0.15, 0.2) is 18.2 Å². The number of ether oxygens (including phenoxy) is 2. The zero-order chi connectivity index (χ0) is 13.2. The number of hydrogen-bond acceptors (Lipinski definition) is 4. The van der Waals surface area contributed by atoms with Crippen molar-refractivity contribution in [1.82, 2.24) is 0 Å². The number of nitrogens with zero attached hydrogens (tertiary/aromatic N) is 1. The molecule has 1 aliphatic carbocycles. The van der Waals surface area contributed by atoms with Gasteiger partial charge in [-0.25, -0.2) is 0 Å². The molecule has 0 amide bonds. The molecule has 19 heavy (non-hydrogen) atoms. The minimum absolute atomic E-state index is 0.313. The first-order valence-corrected chi connectivity index (χ1v) is 6.85. The van der Waals surface area contributed by atoms with Crippen molar-refractivity contribution >= 4 is 11.5 Å². The van der Waals surface area contributed by atoms with Gasteiger partial charge in [0.2, 0.25) is 6.79 Å². The molecule has 1 heterocycles. The highest BCUT2D eigenvalue weighted by Crippen LogP contribution is 2.35. The Morgan fingerprint density at radius 3 is 2.74 bits per heavy atom. The van der Waals surface area contributed by atoms with Gasteiger partial charge < -0.3 is 14.4 Å². The lowest BCUT2D eigenvalue weighted by atomic mass is 9.88. The molecule has 1 aliphatic heterocycles. The number of benzene rings is 1. The number of anilines is 1. The van der Waals surface area contributed by atoms with E-state index in [4.69, 9.17) is 9.47 Å². The van der Waals surface area contributed by atoms with Gasteiger partial charge in [0, 0.05) is 38.2 Å². The van der Waals surface area contributed by atoms with E-state index < -0.39 is 0 Å². The maximum Gasteiger partial charge on any atom is 0.231 e. The van der Waals surface area contributed by atoms with E-state index in [0.717, 1.165) is 49.4 Å². The van der Waals surface area contributed by atoms with Crippen molar-refractivity contribution in [3.8, 4) is 11.5 Å². The first kappa shape index (κ1) is 12.3. The average molecular weight is 261 g/mol. The summed E-state index contributed by atoms with van der Waals surface area (Å²) in [6, 6.07) is 6.04. The van der Waals surface area contributed by atoms with Crippen LogP contribution in [0.4, 0.5) is 5.69 Å². The predicted molar refractivity (Wildman–Crippen MR) is 72.8 cm³/mol.